The van der Waals surface area contributed by atoms with Gasteiger partial charge in [0.1, 0.15) is 11.4 Å². The van der Waals surface area contributed by atoms with Crippen molar-refractivity contribution in [2.75, 3.05) is 23.3 Å². The van der Waals surface area contributed by atoms with Gasteiger partial charge in [-0.3, -0.25) is 9.78 Å². The lowest BCUT2D eigenvalue weighted by Crippen LogP contribution is -2.26. The fraction of sp³-hybridized carbons (Fsp3) is 0.214. The van der Waals surface area contributed by atoms with Gasteiger partial charge in [-0.25, -0.2) is 4.98 Å². The number of aromatic nitrogens is 3. The van der Waals surface area contributed by atoms with Crippen molar-refractivity contribution in [3.05, 3.63) is 108 Å². The van der Waals surface area contributed by atoms with E-state index in [1.165, 1.54) is 11.1 Å². The van der Waals surface area contributed by atoms with Crippen molar-refractivity contribution >= 4 is 23.4 Å². The van der Waals surface area contributed by atoms with Crippen LogP contribution in [0.25, 0.3) is 0 Å². The van der Waals surface area contributed by atoms with Crippen LogP contribution in [0.1, 0.15) is 33.5 Å². The van der Waals surface area contributed by atoms with Crippen LogP contribution in [0.3, 0.4) is 0 Å². The summed E-state index contributed by atoms with van der Waals surface area (Å²) in [5.41, 5.74) is 5.12. The summed E-state index contributed by atoms with van der Waals surface area (Å²) in [6, 6.07) is 22.5. The highest BCUT2D eigenvalue weighted by molar-refractivity contribution is 5.98. The van der Waals surface area contributed by atoms with Crippen LogP contribution < -0.4 is 15.5 Å². The van der Waals surface area contributed by atoms with Gasteiger partial charge in [-0.05, 0) is 54.2 Å². The second-order valence-corrected chi connectivity index (χ2v) is 8.52. The van der Waals surface area contributed by atoms with Crippen LogP contribution in [-0.2, 0) is 19.4 Å². The van der Waals surface area contributed by atoms with E-state index in [0.717, 1.165) is 37.1 Å². The molecule has 5 rings (SSSR count). The minimum atomic E-state index is -0.208. The Morgan fingerprint density at radius 3 is 2.60 bits per heavy atom. The molecular weight excluding hydrogens is 436 g/mol. The molecule has 1 aliphatic heterocycles. The van der Waals surface area contributed by atoms with E-state index < -0.39 is 0 Å². The Labute approximate surface area is 205 Å². The Morgan fingerprint density at radius 2 is 1.74 bits per heavy atom. The Morgan fingerprint density at radius 1 is 0.943 bits per heavy atom. The molecule has 2 N–H and O–H groups in total. The van der Waals surface area contributed by atoms with Crippen molar-refractivity contribution in [1.29, 1.82) is 0 Å². The number of rotatable bonds is 9. The zero-order valence-electron chi connectivity index (χ0n) is 19.5. The number of benzene rings is 2. The second kappa shape index (κ2) is 10.8. The Bertz CT molecular complexity index is 1280. The van der Waals surface area contributed by atoms with E-state index >= 15 is 0 Å². The van der Waals surface area contributed by atoms with Gasteiger partial charge < -0.3 is 15.5 Å². The number of nitrogens with one attached hydrogen (secondary N) is 2. The fourth-order valence-electron chi connectivity index (χ4n) is 4.27. The number of nitrogens with zero attached hydrogens (tertiary/aromatic N) is 4. The summed E-state index contributed by atoms with van der Waals surface area (Å²) in [7, 11) is 0. The van der Waals surface area contributed by atoms with Gasteiger partial charge >= 0.3 is 0 Å². The number of amides is 1. The standard InChI is InChI=1S/C28H28N6O/c35-27(31-19-22-12-16-29-17-13-22)24-20-32-28(34-18-14-23-10-4-5-11-25(23)34)33-26(24)30-15-6-9-21-7-2-1-3-8-21/h1-5,7-8,10-13,16-17,20H,6,9,14-15,18-19H2,(H,31,35)(H,30,32,33). The van der Waals surface area contributed by atoms with Gasteiger partial charge in [0, 0.05) is 43.9 Å². The molecule has 0 atom stereocenters. The number of aryl methyl sites for hydroxylation is 1. The Kier molecular flexibility index (Phi) is 6.94. The first kappa shape index (κ1) is 22.5. The smallest absolute Gasteiger partial charge is 0.256 e. The molecule has 0 unspecified atom stereocenters. The minimum Gasteiger partial charge on any atom is -0.369 e. The third-order valence-corrected chi connectivity index (χ3v) is 6.13. The van der Waals surface area contributed by atoms with Gasteiger partial charge in [0.05, 0.1) is 0 Å². The number of para-hydroxylation sites is 1. The molecule has 0 saturated carbocycles. The summed E-state index contributed by atoms with van der Waals surface area (Å²) in [6.45, 7) is 1.93. The molecule has 0 saturated heterocycles. The molecule has 2 aromatic carbocycles. The molecule has 0 aliphatic carbocycles. The van der Waals surface area contributed by atoms with Crippen molar-refractivity contribution in [2.45, 2.75) is 25.8 Å². The molecule has 35 heavy (non-hydrogen) atoms. The van der Waals surface area contributed by atoms with E-state index in [2.05, 4.69) is 68.0 Å². The first-order valence-electron chi connectivity index (χ1n) is 12.0. The molecule has 7 nitrogen and oxygen atoms in total. The van der Waals surface area contributed by atoms with Crippen molar-refractivity contribution in [1.82, 2.24) is 20.3 Å². The van der Waals surface area contributed by atoms with Crippen LogP contribution in [0.4, 0.5) is 17.5 Å². The van der Waals surface area contributed by atoms with Crippen LogP contribution >= 0.6 is 0 Å². The van der Waals surface area contributed by atoms with E-state index in [1.807, 2.05) is 24.3 Å². The lowest BCUT2D eigenvalue weighted by Gasteiger charge is -2.19. The molecule has 7 heteroatoms. The van der Waals surface area contributed by atoms with Gasteiger partial charge in [-0.2, -0.15) is 4.98 Å². The Balaban J connectivity index is 1.33. The van der Waals surface area contributed by atoms with E-state index in [1.54, 1.807) is 18.6 Å². The van der Waals surface area contributed by atoms with Gasteiger partial charge in [0.15, 0.2) is 0 Å². The topological polar surface area (TPSA) is 83.0 Å². The van der Waals surface area contributed by atoms with Crippen molar-refractivity contribution < 1.29 is 4.79 Å². The lowest BCUT2D eigenvalue weighted by molar-refractivity contribution is 0.0951. The maximum atomic E-state index is 13.1. The van der Waals surface area contributed by atoms with Crippen LogP contribution in [0, 0.1) is 0 Å². The third kappa shape index (κ3) is 5.46. The number of anilines is 3. The number of pyridine rings is 1. The second-order valence-electron chi connectivity index (χ2n) is 8.52. The summed E-state index contributed by atoms with van der Waals surface area (Å²) in [6.07, 6.45) is 7.89. The number of carbonyl (C=O) groups excluding carboxylic acids is 1. The highest BCUT2D eigenvalue weighted by atomic mass is 16.1. The van der Waals surface area contributed by atoms with Crippen LogP contribution in [0.5, 0.6) is 0 Å². The average Bonchev–Trinajstić information content (AvgIpc) is 3.35. The molecule has 3 heterocycles. The molecule has 2 aromatic heterocycles. The van der Waals surface area contributed by atoms with Crippen molar-refractivity contribution in [3.8, 4) is 0 Å². The Hall–Kier alpha value is -4.26. The molecule has 0 bridgehead atoms. The average molecular weight is 465 g/mol. The van der Waals surface area contributed by atoms with Gasteiger partial charge in [0.2, 0.25) is 5.95 Å². The van der Waals surface area contributed by atoms with Crippen molar-refractivity contribution in [3.63, 3.8) is 0 Å². The predicted molar refractivity (Wildman–Crippen MR) is 138 cm³/mol. The highest BCUT2D eigenvalue weighted by Crippen LogP contribution is 2.33. The van der Waals surface area contributed by atoms with Gasteiger partial charge in [-0.15, -0.1) is 0 Å². The summed E-state index contributed by atoms with van der Waals surface area (Å²) >= 11 is 0. The quantitative estimate of drug-likeness (QED) is 0.354. The van der Waals surface area contributed by atoms with Crippen LogP contribution in [0.2, 0.25) is 0 Å². The molecular formula is C28H28N6O. The molecule has 0 spiro atoms. The third-order valence-electron chi connectivity index (χ3n) is 6.13. The SMILES string of the molecule is O=C(NCc1ccncc1)c1cnc(N2CCc3ccccc32)nc1NCCCc1ccccc1. The molecule has 1 amide bonds. The van der Waals surface area contributed by atoms with Crippen LogP contribution in [0.15, 0.2) is 85.3 Å². The van der Waals surface area contributed by atoms with Gasteiger partial charge in [0.25, 0.3) is 5.91 Å². The van der Waals surface area contributed by atoms with E-state index in [4.69, 9.17) is 4.98 Å². The summed E-state index contributed by atoms with van der Waals surface area (Å²) in [5, 5.41) is 6.38. The number of hydrogen-bond donors (Lipinski definition) is 2. The summed E-state index contributed by atoms with van der Waals surface area (Å²) in [4.78, 5) is 28.6. The largest absolute Gasteiger partial charge is 0.369 e. The molecule has 4 aromatic rings. The van der Waals surface area contributed by atoms with E-state index in [0.29, 0.717) is 30.4 Å². The fourth-order valence-corrected chi connectivity index (χ4v) is 4.27. The normalized spacial score (nSPS) is 12.3. The minimum absolute atomic E-state index is 0.208. The highest BCUT2D eigenvalue weighted by Gasteiger charge is 2.24. The summed E-state index contributed by atoms with van der Waals surface area (Å²) in [5.74, 6) is 0.951. The summed E-state index contributed by atoms with van der Waals surface area (Å²) < 4.78 is 0. The predicted octanol–water partition coefficient (Wildman–Crippen LogP) is 4.54. The molecule has 176 valence electrons. The van der Waals surface area contributed by atoms with E-state index in [-0.39, 0.29) is 5.91 Å². The number of fused-ring (bicyclic) bond motifs is 1. The molecule has 0 fully saturated rings. The molecule has 0 radical (unpaired) electrons. The lowest BCUT2D eigenvalue weighted by atomic mass is 10.1. The maximum Gasteiger partial charge on any atom is 0.256 e. The van der Waals surface area contributed by atoms with Gasteiger partial charge in [-0.1, -0.05) is 48.5 Å². The van der Waals surface area contributed by atoms with Crippen LogP contribution in [-0.4, -0.2) is 33.9 Å². The zero-order chi connectivity index (χ0) is 23.9. The zero-order valence-corrected chi connectivity index (χ0v) is 19.5. The monoisotopic (exact) mass is 464 g/mol. The van der Waals surface area contributed by atoms with E-state index in [9.17, 15) is 4.79 Å². The number of carbonyl (C=O) groups is 1. The molecule has 1 aliphatic rings. The number of hydrogen-bond acceptors (Lipinski definition) is 6. The first-order valence-corrected chi connectivity index (χ1v) is 12.0. The maximum absolute atomic E-state index is 13.1. The van der Waals surface area contributed by atoms with Crippen molar-refractivity contribution in [2.24, 2.45) is 0 Å². The first-order chi connectivity index (χ1) is 17.3.